The Bertz CT molecular complexity index is 4070. The maximum atomic E-state index is 13.5. The van der Waals surface area contributed by atoms with Crippen molar-refractivity contribution in [2.45, 2.75) is 26.2 Å². The van der Waals surface area contributed by atoms with Gasteiger partial charge in [-0.3, -0.25) is 0 Å². The van der Waals surface area contributed by atoms with Crippen molar-refractivity contribution in [3.05, 3.63) is 298 Å². The summed E-state index contributed by atoms with van der Waals surface area (Å²) in [6, 6.07) is 60.7. The summed E-state index contributed by atoms with van der Waals surface area (Å²) in [4.78, 5) is 54.2. The summed E-state index contributed by atoms with van der Waals surface area (Å²) in [5.74, 6) is -6.82. The summed E-state index contributed by atoms with van der Waals surface area (Å²) in [6.45, 7) is 4.04. The van der Waals surface area contributed by atoms with Gasteiger partial charge < -0.3 is 25.5 Å². The first kappa shape index (κ1) is 65.1. The number of rotatable bonds is 10. The van der Waals surface area contributed by atoms with Gasteiger partial charge in [-0.2, -0.15) is 26.3 Å². The Morgan fingerprint density at radius 2 is 0.690 bits per heavy atom. The Labute approximate surface area is 492 Å². The average Bonchev–Trinajstić information content (AvgIpc) is 2.84. The van der Waals surface area contributed by atoms with Crippen molar-refractivity contribution < 1.29 is 84.6 Å². The summed E-state index contributed by atoms with van der Waals surface area (Å²) < 4.78 is 103. The molecule has 10 rings (SSSR count). The molecule has 0 saturated carbocycles. The van der Waals surface area contributed by atoms with Gasteiger partial charge in [0.05, 0.1) is 38.9 Å². The van der Waals surface area contributed by atoms with Crippen molar-refractivity contribution in [1.82, 2.24) is 0 Å². The number of halogens is 8. The van der Waals surface area contributed by atoms with Crippen molar-refractivity contribution in [2.75, 3.05) is 0 Å². The highest BCUT2D eigenvalue weighted by Crippen LogP contribution is 2.38. The van der Waals surface area contributed by atoms with Crippen LogP contribution in [0.4, 0.5) is 35.1 Å². The summed E-state index contributed by atoms with van der Waals surface area (Å²) >= 11 is 0. The van der Waals surface area contributed by atoms with Crippen LogP contribution in [-0.4, -0.2) is 55.4 Å². The maximum Gasteiger partial charge on any atom is 0.417 e. The fraction of sp³-hybridized carbons (Fsp3) is 0.0580. The van der Waals surface area contributed by atoms with E-state index < -0.39 is 65.0 Å². The SMILES string of the molecule is Cc1ccc(-c2cccc(C(=O)O)c2)cc1.Cc1cccc(-c2cccc(C(=O)O)c2)c1.O=C(O)c1cc(-c2ccccc2)cc(C(F)(F)F)c1.O=C(O)c1cccc(-c2ccc(F)cc2F)c1.O=C(O)c1cccc(-c2ccccc2C(F)(F)F)c1. The van der Waals surface area contributed by atoms with Gasteiger partial charge in [0.2, 0.25) is 0 Å². The molecule has 10 aromatic carbocycles. The second kappa shape index (κ2) is 29.5. The third kappa shape index (κ3) is 19.0. The molecule has 0 amide bonds. The molecule has 0 radical (unpaired) electrons. The van der Waals surface area contributed by atoms with Crippen molar-refractivity contribution in [3.63, 3.8) is 0 Å². The quantitative estimate of drug-likeness (QED) is 0.0825. The topological polar surface area (TPSA) is 186 Å². The summed E-state index contributed by atoms with van der Waals surface area (Å²) in [7, 11) is 0. The highest BCUT2D eigenvalue weighted by atomic mass is 19.4. The van der Waals surface area contributed by atoms with E-state index in [-0.39, 0.29) is 38.9 Å². The predicted octanol–water partition coefficient (Wildman–Crippen LogP) is 18.2. The molecular weight excluding hydrogens is 1140 g/mol. The fourth-order valence-corrected chi connectivity index (χ4v) is 8.29. The lowest BCUT2D eigenvalue weighted by atomic mass is 9.98. The third-order valence-electron chi connectivity index (χ3n) is 12.6. The van der Waals surface area contributed by atoms with Crippen molar-refractivity contribution in [3.8, 4) is 55.6 Å². The van der Waals surface area contributed by atoms with Gasteiger partial charge in [-0.1, -0.05) is 157 Å². The lowest BCUT2D eigenvalue weighted by Gasteiger charge is -2.13. The number of carboxylic acid groups (broad SMARTS) is 5. The van der Waals surface area contributed by atoms with E-state index in [1.54, 1.807) is 72.8 Å². The largest absolute Gasteiger partial charge is 0.478 e. The lowest BCUT2D eigenvalue weighted by Crippen LogP contribution is -2.08. The lowest BCUT2D eigenvalue weighted by molar-refractivity contribution is -0.138. The monoisotopic (exact) mass is 1190 g/mol. The van der Waals surface area contributed by atoms with Gasteiger partial charge in [0.25, 0.3) is 0 Å². The molecular formula is C69H50F8O10. The number of carbonyl (C=O) groups is 5. The normalized spacial score (nSPS) is 10.6. The van der Waals surface area contributed by atoms with Gasteiger partial charge >= 0.3 is 42.2 Å². The second-order valence-electron chi connectivity index (χ2n) is 18.9. The smallest absolute Gasteiger partial charge is 0.417 e. The number of benzene rings is 10. The zero-order valence-corrected chi connectivity index (χ0v) is 45.8. The Morgan fingerprint density at radius 1 is 0.299 bits per heavy atom. The van der Waals surface area contributed by atoms with Gasteiger partial charge in [0, 0.05) is 11.6 Å². The minimum absolute atomic E-state index is 0.0295. The van der Waals surface area contributed by atoms with Crippen LogP contribution in [0.25, 0.3) is 55.6 Å². The minimum Gasteiger partial charge on any atom is -0.478 e. The maximum absolute atomic E-state index is 13.5. The van der Waals surface area contributed by atoms with Gasteiger partial charge in [-0.15, -0.1) is 0 Å². The van der Waals surface area contributed by atoms with E-state index in [4.69, 9.17) is 25.5 Å². The van der Waals surface area contributed by atoms with Crippen LogP contribution in [0.2, 0.25) is 0 Å². The Morgan fingerprint density at radius 3 is 1.15 bits per heavy atom. The number of carboxylic acids is 5. The van der Waals surface area contributed by atoms with E-state index in [0.29, 0.717) is 28.3 Å². The molecule has 0 spiro atoms. The fourth-order valence-electron chi connectivity index (χ4n) is 8.29. The number of alkyl halides is 6. The van der Waals surface area contributed by atoms with Crippen LogP contribution in [0.15, 0.2) is 237 Å². The van der Waals surface area contributed by atoms with Crippen molar-refractivity contribution in [2.24, 2.45) is 0 Å². The molecule has 0 bridgehead atoms. The molecule has 5 N–H and O–H groups in total. The highest BCUT2D eigenvalue weighted by molar-refractivity contribution is 5.92. The Balaban J connectivity index is 0.000000174. The van der Waals surface area contributed by atoms with Crippen molar-refractivity contribution >= 4 is 29.8 Å². The molecule has 0 aliphatic carbocycles. The van der Waals surface area contributed by atoms with Crippen LogP contribution in [0.5, 0.6) is 0 Å². The van der Waals surface area contributed by atoms with E-state index in [2.05, 4.69) is 0 Å². The van der Waals surface area contributed by atoms with E-state index >= 15 is 0 Å². The van der Waals surface area contributed by atoms with Crippen LogP contribution >= 0.6 is 0 Å². The first-order valence-corrected chi connectivity index (χ1v) is 25.8. The third-order valence-corrected chi connectivity index (χ3v) is 12.6. The molecule has 0 aromatic heterocycles. The molecule has 87 heavy (non-hydrogen) atoms. The molecule has 0 fully saturated rings. The number of hydrogen-bond acceptors (Lipinski definition) is 5. The Kier molecular flexibility index (Phi) is 22.1. The zero-order chi connectivity index (χ0) is 63.6. The van der Waals surface area contributed by atoms with E-state index in [1.807, 2.05) is 74.5 Å². The first-order valence-electron chi connectivity index (χ1n) is 25.8. The van der Waals surface area contributed by atoms with E-state index in [0.717, 1.165) is 46.5 Å². The van der Waals surface area contributed by atoms with Gasteiger partial charge in [-0.25, -0.2) is 32.8 Å². The number of hydrogen-bond donors (Lipinski definition) is 5. The molecule has 0 saturated heterocycles. The van der Waals surface area contributed by atoms with Crippen LogP contribution in [0.3, 0.4) is 0 Å². The van der Waals surface area contributed by atoms with E-state index in [1.165, 1.54) is 83.9 Å². The molecule has 0 heterocycles. The van der Waals surface area contributed by atoms with Gasteiger partial charge in [0.15, 0.2) is 0 Å². The highest BCUT2D eigenvalue weighted by Gasteiger charge is 2.34. The molecule has 10 aromatic rings. The summed E-state index contributed by atoms with van der Waals surface area (Å²) in [5.41, 5.74) is 6.37. The van der Waals surface area contributed by atoms with Crippen LogP contribution in [0, 0.1) is 25.5 Å². The average molecular weight is 1190 g/mol. The first-order chi connectivity index (χ1) is 41.2. The number of aryl methyl sites for hydroxylation is 2. The minimum atomic E-state index is -4.57. The molecule has 0 unspecified atom stereocenters. The number of aromatic carboxylic acids is 5. The van der Waals surface area contributed by atoms with Gasteiger partial charge in [0.1, 0.15) is 11.6 Å². The van der Waals surface area contributed by atoms with Crippen molar-refractivity contribution in [1.29, 1.82) is 0 Å². The standard InChI is InChI=1S/2C14H9F3O2.2C14H12O2.C13H8F2O2/c15-14(16,17)12-7-2-1-6-11(12)9-4-3-5-10(8-9)13(18)19;15-14(16,17)12-7-10(6-11(8-12)13(18)19)9-4-2-1-3-5-9;1-10-4-2-5-11(8-10)12-6-3-7-13(9-12)14(15)16;1-10-5-7-11(8-6-10)12-3-2-4-13(9-12)14(15)16;14-10-4-5-11(12(15)7-10)8-2-1-3-9(6-8)13(16)17/h2*1-8H,(H,18,19);2*2-9H,1H3,(H,15,16);1-7H,(H,16,17). The zero-order valence-electron chi connectivity index (χ0n) is 45.8. The molecule has 0 atom stereocenters. The summed E-state index contributed by atoms with van der Waals surface area (Å²) in [6.07, 6.45) is -9.05. The van der Waals surface area contributed by atoms with E-state index in [9.17, 15) is 59.1 Å². The second-order valence-corrected chi connectivity index (χ2v) is 18.9. The molecule has 442 valence electrons. The molecule has 10 nitrogen and oxygen atoms in total. The Hall–Kier alpha value is -11.0. The summed E-state index contributed by atoms with van der Waals surface area (Å²) in [5, 5.41) is 44.4. The van der Waals surface area contributed by atoms with Crippen LogP contribution < -0.4 is 0 Å². The predicted molar refractivity (Wildman–Crippen MR) is 314 cm³/mol. The molecule has 18 heteroatoms. The molecule has 0 aliphatic rings. The van der Waals surface area contributed by atoms with Gasteiger partial charge in [-0.05, 0) is 149 Å². The molecule has 0 aliphatic heterocycles. The van der Waals surface area contributed by atoms with Crippen LogP contribution in [-0.2, 0) is 12.4 Å². The van der Waals surface area contributed by atoms with Crippen LogP contribution in [0.1, 0.15) is 74.0 Å².